The molecule has 0 aliphatic rings. The Morgan fingerprint density at radius 2 is 1.58 bits per heavy atom. The fourth-order valence-electron chi connectivity index (χ4n) is 2.78. The van der Waals surface area contributed by atoms with Crippen molar-refractivity contribution in [2.45, 2.75) is 5.75 Å². The van der Waals surface area contributed by atoms with Crippen molar-refractivity contribution in [3.63, 3.8) is 0 Å². The molecule has 0 aliphatic carbocycles. The zero-order chi connectivity index (χ0) is 23.0. The maximum atomic E-state index is 12.7. The molecule has 2 aromatic carbocycles. The Bertz CT molecular complexity index is 1040. The Kier molecular flexibility index (Phi) is 8.26. The lowest BCUT2D eigenvalue weighted by Crippen LogP contribution is -2.14. The van der Waals surface area contributed by atoms with Crippen molar-refractivity contribution in [3.8, 4) is 23.0 Å². The van der Waals surface area contributed by atoms with Gasteiger partial charge in [0.2, 0.25) is 0 Å². The third kappa shape index (κ3) is 6.35. The van der Waals surface area contributed by atoms with Crippen LogP contribution in [0.2, 0.25) is 0 Å². The zero-order valence-corrected chi connectivity index (χ0v) is 18.4. The molecule has 0 bridgehead atoms. The SMILES string of the molecule is COc1cc(OC)c(/C=C/S(=O)(=O)Cc2ccc(OC)c(NC(=O)CF)c2)c(OC)c1. The van der Waals surface area contributed by atoms with Crippen LogP contribution in [0.3, 0.4) is 0 Å². The summed E-state index contributed by atoms with van der Waals surface area (Å²) in [6.45, 7) is -1.21. The molecule has 0 saturated heterocycles. The van der Waals surface area contributed by atoms with E-state index in [1.807, 2.05) is 0 Å². The molecule has 1 N–H and O–H groups in total. The van der Waals surface area contributed by atoms with Gasteiger partial charge < -0.3 is 24.3 Å². The molecule has 2 rings (SSSR count). The molecule has 0 atom stereocenters. The second-order valence-corrected chi connectivity index (χ2v) is 8.16. The van der Waals surface area contributed by atoms with Gasteiger partial charge in [0, 0.05) is 17.5 Å². The molecule has 8 nitrogen and oxygen atoms in total. The largest absolute Gasteiger partial charge is 0.496 e. The molecule has 0 aromatic heterocycles. The normalized spacial score (nSPS) is 11.3. The summed E-state index contributed by atoms with van der Waals surface area (Å²) in [5, 5.41) is 3.38. The van der Waals surface area contributed by atoms with Crippen molar-refractivity contribution in [2.24, 2.45) is 0 Å². The van der Waals surface area contributed by atoms with Crippen LogP contribution in [0.5, 0.6) is 23.0 Å². The van der Waals surface area contributed by atoms with Crippen LogP contribution in [0.1, 0.15) is 11.1 Å². The van der Waals surface area contributed by atoms with E-state index >= 15 is 0 Å². The summed E-state index contributed by atoms with van der Waals surface area (Å²) in [4.78, 5) is 11.4. The van der Waals surface area contributed by atoms with Crippen LogP contribution in [-0.2, 0) is 20.4 Å². The minimum Gasteiger partial charge on any atom is -0.496 e. The highest BCUT2D eigenvalue weighted by Gasteiger charge is 2.15. The number of rotatable bonds is 10. The molecule has 1 amide bonds. The summed E-state index contributed by atoms with van der Waals surface area (Å²) in [6.07, 6.45) is 1.38. The van der Waals surface area contributed by atoms with Gasteiger partial charge in [-0.05, 0) is 23.8 Å². The molecule has 0 radical (unpaired) electrons. The smallest absolute Gasteiger partial charge is 0.255 e. The highest BCUT2D eigenvalue weighted by molar-refractivity contribution is 7.93. The number of ether oxygens (including phenoxy) is 4. The Balaban J connectivity index is 2.33. The van der Waals surface area contributed by atoms with Crippen LogP contribution in [0, 0.1) is 0 Å². The summed E-state index contributed by atoms with van der Waals surface area (Å²) in [6, 6.07) is 7.68. The highest BCUT2D eigenvalue weighted by Crippen LogP contribution is 2.35. The summed E-state index contributed by atoms with van der Waals surface area (Å²) < 4.78 is 58.8. The van der Waals surface area contributed by atoms with Crippen LogP contribution in [0.25, 0.3) is 6.08 Å². The van der Waals surface area contributed by atoms with Crippen LogP contribution >= 0.6 is 0 Å². The van der Waals surface area contributed by atoms with Crippen molar-refractivity contribution in [1.29, 1.82) is 0 Å². The van der Waals surface area contributed by atoms with E-state index < -0.39 is 22.4 Å². The van der Waals surface area contributed by atoms with E-state index in [1.54, 1.807) is 18.2 Å². The maximum Gasteiger partial charge on any atom is 0.255 e. The van der Waals surface area contributed by atoms with Crippen molar-refractivity contribution in [3.05, 3.63) is 46.9 Å². The number of nitrogens with one attached hydrogen (secondary N) is 1. The standard InChI is InChI=1S/C21H24FNO7S/c1-27-15-10-19(29-3)16(20(11-15)30-4)7-8-31(25,26)13-14-5-6-18(28-2)17(9-14)23-21(24)12-22/h5-11H,12-13H2,1-4H3,(H,23,24)/b8-7+. The molecular weight excluding hydrogens is 429 g/mol. The number of carbonyl (C=O) groups is 1. The first-order valence-electron chi connectivity index (χ1n) is 9.00. The van der Waals surface area contributed by atoms with Gasteiger partial charge in [0.15, 0.2) is 16.5 Å². The average molecular weight is 453 g/mol. The molecule has 0 aliphatic heterocycles. The number of hydrogen-bond acceptors (Lipinski definition) is 7. The van der Waals surface area contributed by atoms with Crippen LogP contribution < -0.4 is 24.3 Å². The van der Waals surface area contributed by atoms with E-state index in [1.165, 1.54) is 46.6 Å². The van der Waals surface area contributed by atoms with Gasteiger partial charge in [0.25, 0.3) is 5.91 Å². The lowest BCUT2D eigenvalue weighted by Gasteiger charge is -2.13. The van der Waals surface area contributed by atoms with E-state index in [0.29, 0.717) is 28.4 Å². The van der Waals surface area contributed by atoms with E-state index in [-0.39, 0.29) is 17.2 Å². The number of sulfone groups is 1. The third-order valence-corrected chi connectivity index (χ3v) is 5.51. The van der Waals surface area contributed by atoms with Crippen LogP contribution in [0.4, 0.5) is 10.1 Å². The first-order chi connectivity index (χ1) is 14.8. The minimum atomic E-state index is -3.72. The van der Waals surface area contributed by atoms with E-state index in [9.17, 15) is 17.6 Å². The molecule has 0 fully saturated rings. The molecule has 10 heteroatoms. The van der Waals surface area contributed by atoms with Gasteiger partial charge in [0.1, 0.15) is 23.0 Å². The maximum absolute atomic E-state index is 12.7. The van der Waals surface area contributed by atoms with Gasteiger partial charge in [-0.25, -0.2) is 12.8 Å². The lowest BCUT2D eigenvalue weighted by atomic mass is 10.1. The van der Waals surface area contributed by atoms with Crippen LogP contribution in [-0.4, -0.2) is 49.4 Å². The molecule has 0 heterocycles. The number of methoxy groups -OCH3 is 4. The first-order valence-corrected chi connectivity index (χ1v) is 10.7. The molecule has 2 aromatic rings. The summed E-state index contributed by atoms with van der Waals surface area (Å²) in [5.74, 6) is 0.316. The van der Waals surface area contributed by atoms with Crippen molar-refractivity contribution in [2.75, 3.05) is 40.4 Å². The van der Waals surface area contributed by atoms with Crippen LogP contribution in [0.15, 0.2) is 35.7 Å². The average Bonchev–Trinajstić information content (AvgIpc) is 2.76. The summed E-state index contributed by atoms with van der Waals surface area (Å²) in [5.41, 5.74) is 0.994. The fourth-order valence-corrected chi connectivity index (χ4v) is 3.86. The molecule has 0 unspecified atom stereocenters. The van der Waals surface area contributed by atoms with Crippen molar-refractivity contribution < 1.29 is 36.6 Å². The second-order valence-electron chi connectivity index (χ2n) is 6.27. The number of halogens is 1. The van der Waals surface area contributed by atoms with E-state index in [4.69, 9.17) is 18.9 Å². The number of benzene rings is 2. The molecule has 168 valence electrons. The lowest BCUT2D eigenvalue weighted by molar-refractivity contribution is -0.117. The summed E-state index contributed by atoms with van der Waals surface area (Å²) >= 11 is 0. The zero-order valence-electron chi connectivity index (χ0n) is 17.6. The molecule has 0 spiro atoms. The Morgan fingerprint density at radius 1 is 0.968 bits per heavy atom. The summed E-state index contributed by atoms with van der Waals surface area (Å²) in [7, 11) is 2.06. The van der Waals surface area contributed by atoms with Crippen molar-refractivity contribution in [1.82, 2.24) is 0 Å². The number of alkyl halides is 1. The minimum absolute atomic E-state index is 0.181. The predicted molar refractivity (Wildman–Crippen MR) is 115 cm³/mol. The topological polar surface area (TPSA) is 100 Å². The predicted octanol–water partition coefficient (Wildman–Crippen LogP) is 3.21. The van der Waals surface area contributed by atoms with Gasteiger partial charge in [-0.15, -0.1) is 0 Å². The molecular formula is C21H24FNO7S. The fraction of sp³-hybridized carbons (Fsp3) is 0.286. The van der Waals surface area contributed by atoms with Crippen molar-refractivity contribution >= 4 is 27.5 Å². The van der Waals surface area contributed by atoms with Gasteiger partial charge >= 0.3 is 0 Å². The van der Waals surface area contributed by atoms with Gasteiger partial charge in [-0.3, -0.25) is 4.79 Å². The second kappa shape index (κ2) is 10.7. The van der Waals surface area contributed by atoms with E-state index in [0.717, 1.165) is 5.41 Å². The van der Waals surface area contributed by atoms with Gasteiger partial charge in [-0.1, -0.05) is 6.07 Å². The number of carbonyl (C=O) groups excluding carboxylic acids is 1. The quantitative estimate of drug-likeness (QED) is 0.590. The number of anilines is 1. The number of hydrogen-bond donors (Lipinski definition) is 1. The third-order valence-electron chi connectivity index (χ3n) is 4.22. The first kappa shape index (κ1) is 24.0. The number of amides is 1. The van der Waals surface area contributed by atoms with Gasteiger partial charge in [-0.2, -0.15) is 0 Å². The van der Waals surface area contributed by atoms with Gasteiger partial charge in [0.05, 0.1) is 45.4 Å². The van der Waals surface area contributed by atoms with E-state index in [2.05, 4.69) is 5.32 Å². The highest BCUT2D eigenvalue weighted by atomic mass is 32.2. The Morgan fingerprint density at radius 3 is 2.10 bits per heavy atom. The Labute approximate surface area is 180 Å². The Hall–Kier alpha value is -3.27. The molecule has 0 saturated carbocycles. The molecule has 31 heavy (non-hydrogen) atoms. The monoisotopic (exact) mass is 453 g/mol.